The van der Waals surface area contributed by atoms with Crippen molar-refractivity contribution in [2.45, 2.75) is 33.2 Å². The van der Waals surface area contributed by atoms with Crippen molar-refractivity contribution in [1.29, 1.82) is 5.26 Å². The van der Waals surface area contributed by atoms with Crippen LogP contribution in [-0.2, 0) is 6.54 Å². The Morgan fingerprint density at radius 2 is 2.04 bits per heavy atom. The molecule has 0 fully saturated rings. The molecule has 0 N–H and O–H groups in total. The number of allylic oxidation sites excluding steroid dienone is 1. The van der Waals surface area contributed by atoms with Gasteiger partial charge < -0.3 is 9.30 Å². The van der Waals surface area contributed by atoms with E-state index in [1.54, 1.807) is 0 Å². The number of ether oxygens (including phenoxy) is 1. The van der Waals surface area contributed by atoms with Crippen molar-refractivity contribution in [3.63, 3.8) is 0 Å². The van der Waals surface area contributed by atoms with Crippen molar-refractivity contribution in [3.8, 4) is 11.8 Å². The predicted octanol–water partition coefficient (Wildman–Crippen LogP) is 5.30. The van der Waals surface area contributed by atoms with Gasteiger partial charge in [0, 0.05) is 6.54 Å². The van der Waals surface area contributed by atoms with E-state index in [1.807, 2.05) is 54.6 Å². The molecule has 132 valence electrons. The summed E-state index contributed by atoms with van der Waals surface area (Å²) in [5, 5.41) is 9.73. The summed E-state index contributed by atoms with van der Waals surface area (Å²) in [7, 11) is 0. The highest BCUT2D eigenvalue weighted by Gasteiger charge is 2.13. The average molecular weight is 345 g/mol. The molecule has 4 nitrogen and oxygen atoms in total. The zero-order chi connectivity index (χ0) is 18.4. The quantitative estimate of drug-likeness (QED) is 0.431. The highest BCUT2D eigenvalue weighted by molar-refractivity contribution is 5.91. The minimum atomic E-state index is 0.550. The standard InChI is InChI=1S/C22H23N3O/c1-3-5-13-26-19-10-8-9-17(15-19)14-18(16-23)22-24-20-11-6-7-12-21(20)25(22)4-2/h6-12,14-15H,3-5,13H2,1-2H3/b18-14-. The van der Waals surface area contributed by atoms with E-state index in [0.717, 1.165) is 41.7 Å². The number of aryl methyl sites for hydroxylation is 1. The number of benzene rings is 2. The van der Waals surface area contributed by atoms with Crippen LogP contribution in [0.25, 0.3) is 22.7 Å². The molecule has 0 atom stereocenters. The van der Waals surface area contributed by atoms with Gasteiger partial charge in [-0.3, -0.25) is 0 Å². The van der Waals surface area contributed by atoms with Crippen LogP contribution in [0.4, 0.5) is 0 Å². The number of unbranched alkanes of at least 4 members (excludes halogenated alkanes) is 1. The van der Waals surface area contributed by atoms with E-state index < -0.39 is 0 Å². The summed E-state index contributed by atoms with van der Waals surface area (Å²) in [5.41, 5.74) is 3.43. The third-order valence-electron chi connectivity index (χ3n) is 4.27. The lowest BCUT2D eigenvalue weighted by Gasteiger charge is -2.07. The second-order valence-electron chi connectivity index (χ2n) is 6.11. The molecule has 3 rings (SSSR count). The molecule has 26 heavy (non-hydrogen) atoms. The molecule has 4 heteroatoms. The Bertz CT molecular complexity index is 963. The van der Waals surface area contributed by atoms with Gasteiger partial charge in [0.05, 0.1) is 23.2 Å². The van der Waals surface area contributed by atoms with Gasteiger partial charge >= 0.3 is 0 Å². The van der Waals surface area contributed by atoms with E-state index >= 15 is 0 Å². The van der Waals surface area contributed by atoms with Crippen LogP contribution in [0.1, 0.15) is 38.1 Å². The van der Waals surface area contributed by atoms with Crippen molar-refractivity contribution in [1.82, 2.24) is 9.55 Å². The van der Waals surface area contributed by atoms with Gasteiger partial charge in [0.25, 0.3) is 0 Å². The van der Waals surface area contributed by atoms with Gasteiger partial charge in [0.1, 0.15) is 11.8 Å². The molecule has 0 aliphatic rings. The number of imidazole rings is 1. The minimum absolute atomic E-state index is 0.550. The van der Waals surface area contributed by atoms with E-state index in [-0.39, 0.29) is 0 Å². The molecule has 0 bridgehead atoms. The Kier molecular flexibility index (Phi) is 5.70. The van der Waals surface area contributed by atoms with Crippen molar-refractivity contribution in [3.05, 3.63) is 59.9 Å². The molecule has 0 amide bonds. The van der Waals surface area contributed by atoms with Gasteiger partial charge in [0.2, 0.25) is 0 Å². The molecule has 0 aliphatic heterocycles. The van der Waals surface area contributed by atoms with Gasteiger partial charge in [-0.05, 0) is 49.2 Å². The molecule has 3 aromatic rings. The molecule has 0 saturated heterocycles. The normalized spacial score (nSPS) is 11.5. The third kappa shape index (κ3) is 3.78. The van der Waals surface area contributed by atoms with Gasteiger partial charge in [-0.1, -0.05) is 37.6 Å². The highest BCUT2D eigenvalue weighted by Crippen LogP contribution is 2.24. The number of hydrogen-bond acceptors (Lipinski definition) is 3. The van der Waals surface area contributed by atoms with Crippen LogP contribution in [0.3, 0.4) is 0 Å². The number of aromatic nitrogens is 2. The maximum absolute atomic E-state index is 9.73. The lowest BCUT2D eigenvalue weighted by Crippen LogP contribution is -2.00. The number of nitriles is 1. The number of nitrogens with zero attached hydrogens (tertiary/aromatic N) is 3. The van der Waals surface area contributed by atoms with E-state index in [4.69, 9.17) is 4.74 Å². The first kappa shape index (κ1) is 17.8. The van der Waals surface area contributed by atoms with Crippen molar-refractivity contribution in [2.24, 2.45) is 0 Å². The van der Waals surface area contributed by atoms with Crippen LogP contribution >= 0.6 is 0 Å². The maximum Gasteiger partial charge on any atom is 0.151 e. The molecule has 0 aliphatic carbocycles. The van der Waals surface area contributed by atoms with Crippen molar-refractivity contribution in [2.75, 3.05) is 6.61 Å². The maximum atomic E-state index is 9.73. The average Bonchev–Trinajstić information content (AvgIpc) is 3.05. The smallest absolute Gasteiger partial charge is 0.151 e. The first-order valence-corrected chi connectivity index (χ1v) is 9.07. The molecule has 0 radical (unpaired) electrons. The fraction of sp³-hybridized carbons (Fsp3) is 0.273. The Labute approximate surface area is 154 Å². The largest absolute Gasteiger partial charge is 0.494 e. The van der Waals surface area contributed by atoms with Crippen LogP contribution in [0.15, 0.2) is 48.5 Å². The zero-order valence-electron chi connectivity index (χ0n) is 15.3. The number of fused-ring (bicyclic) bond motifs is 1. The Balaban J connectivity index is 1.97. The minimum Gasteiger partial charge on any atom is -0.494 e. The fourth-order valence-electron chi connectivity index (χ4n) is 2.94. The summed E-state index contributed by atoms with van der Waals surface area (Å²) in [4.78, 5) is 4.67. The lowest BCUT2D eigenvalue weighted by molar-refractivity contribution is 0.309. The van der Waals surface area contributed by atoms with Gasteiger partial charge in [-0.15, -0.1) is 0 Å². The molecule has 0 saturated carbocycles. The molecule has 1 heterocycles. The summed E-state index contributed by atoms with van der Waals surface area (Å²) < 4.78 is 7.84. The van der Waals surface area contributed by atoms with Gasteiger partial charge in [-0.25, -0.2) is 4.98 Å². The Morgan fingerprint density at radius 1 is 1.19 bits per heavy atom. The van der Waals surface area contributed by atoms with E-state index in [9.17, 15) is 5.26 Å². The summed E-state index contributed by atoms with van der Waals surface area (Å²) >= 11 is 0. The second kappa shape index (κ2) is 8.35. The molecule has 2 aromatic carbocycles. The first-order valence-electron chi connectivity index (χ1n) is 9.07. The molecular weight excluding hydrogens is 322 g/mol. The monoisotopic (exact) mass is 345 g/mol. The van der Waals surface area contributed by atoms with E-state index in [0.29, 0.717) is 18.0 Å². The summed E-state index contributed by atoms with van der Waals surface area (Å²) in [6, 6.07) is 18.1. The van der Waals surface area contributed by atoms with Crippen molar-refractivity contribution >= 4 is 22.7 Å². The topological polar surface area (TPSA) is 50.8 Å². The Morgan fingerprint density at radius 3 is 2.81 bits per heavy atom. The van der Waals surface area contributed by atoms with Crippen LogP contribution < -0.4 is 4.74 Å². The predicted molar refractivity (Wildman–Crippen MR) is 106 cm³/mol. The van der Waals surface area contributed by atoms with Crippen LogP contribution in [0, 0.1) is 11.3 Å². The van der Waals surface area contributed by atoms with Crippen molar-refractivity contribution < 1.29 is 4.74 Å². The number of para-hydroxylation sites is 2. The number of hydrogen-bond donors (Lipinski definition) is 0. The third-order valence-corrected chi connectivity index (χ3v) is 4.27. The molecule has 1 aromatic heterocycles. The van der Waals surface area contributed by atoms with Gasteiger partial charge in [0.15, 0.2) is 5.82 Å². The molecular formula is C22H23N3O. The lowest BCUT2D eigenvalue weighted by atomic mass is 10.1. The molecule has 0 spiro atoms. The zero-order valence-corrected chi connectivity index (χ0v) is 15.3. The second-order valence-corrected chi connectivity index (χ2v) is 6.11. The van der Waals surface area contributed by atoms with E-state index in [2.05, 4.69) is 29.5 Å². The van der Waals surface area contributed by atoms with Crippen LogP contribution in [0.2, 0.25) is 0 Å². The van der Waals surface area contributed by atoms with Crippen LogP contribution in [0.5, 0.6) is 5.75 Å². The SMILES string of the molecule is CCCCOc1cccc(/C=C(/C#N)c2nc3ccccc3n2CC)c1. The summed E-state index contributed by atoms with van der Waals surface area (Å²) in [6.45, 7) is 5.67. The highest BCUT2D eigenvalue weighted by atomic mass is 16.5. The number of rotatable bonds is 7. The van der Waals surface area contributed by atoms with Gasteiger partial charge in [-0.2, -0.15) is 5.26 Å². The molecule has 0 unspecified atom stereocenters. The summed E-state index contributed by atoms with van der Waals surface area (Å²) in [6.07, 6.45) is 4.01. The first-order chi connectivity index (χ1) is 12.8. The summed E-state index contributed by atoms with van der Waals surface area (Å²) in [5.74, 6) is 1.53. The van der Waals surface area contributed by atoms with E-state index in [1.165, 1.54) is 0 Å². The Hall–Kier alpha value is -3.06. The van der Waals surface area contributed by atoms with Crippen LogP contribution in [-0.4, -0.2) is 16.2 Å². The fourth-order valence-corrected chi connectivity index (χ4v) is 2.94.